The summed E-state index contributed by atoms with van der Waals surface area (Å²) in [6, 6.07) is 0. The molecule has 0 fully saturated rings. The van der Waals surface area contributed by atoms with Gasteiger partial charge in [0.1, 0.15) is 20.8 Å². The van der Waals surface area contributed by atoms with Crippen molar-refractivity contribution in [3.63, 3.8) is 0 Å². The summed E-state index contributed by atoms with van der Waals surface area (Å²) >= 11 is 0. The smallest absolute Gasteiger partial charge is 0.387 e. The predicted octanol–water partition coefficient (Wildman–Crippen LogP) is 3.63. The molecule has 0 aromatic heterocycles. The fourth-order valence-corrected chi connectivity index (χ4v) is 5.77. The van der Waals surface area contributed by atoms with E-state index in [-0.39, 0.29) is 0 Å². The molecule has 0 unspecified atom stereocenters. The van der Waals surface area contributed by atoms with Crippen molar-refractivity contribution in [2.24, 2.45) is 0 Å². The van der Waals surface area contributed by atoms with E-state index >= 15 is 0 Å². The molecule has 0 rings (SSSR count). The van der Waals surface area contributed by atoms with Crippen LogP contribution in [0.4, 0.5) is 26.3 Å². The summed E-state index contributed by atoms with van der Waals surface area (Å²) in [5.74, 6) is 0. The Morgan fingerprint density at radius 2 is 1.00 bits per heavy atom. The monoisotopic (exact) mass is 314 g/mol. The summed E-state index contributed by atoms with van der Waals surface area (Å²) in [7, 11) is -5.89. The first kappa shape index (κ1) is 17.9. The zero-order chi connectivity index (χ0) is 14.8. The SMILES string of the molecule is C[Si](C)(C)[Si](C)(OCC(F)(F)F)OCC(F)(F)F. The molecule has 0 aliphatic carbocycles. The maximum atomic E-state index is 12.1. The molecular weight excluding hydrogens is 298 g/mol. The quantitative estimate of drug-likeness (QED) is 0.570. The Bertz CT molecular complexity index is 252. The molecule has 0 N–H and O–H groups in total. The molecule has 10 heteroatoms. The molecule has 0 heterocycles. The summed E-state index contributed by atoms with van der Waals surface area (Å²) in [6.07, 6.45) is -9.15. The third-order valence-corrected chi connectivity index (χ3v) is 15.5. The van der Waals surface area contributed by atoms with Gasteiger partial charge in [-0.2, -0.15) is 26.3 Å². The highest BCUT2D eigenvalue weighted by atomic mass is 29.3. The topological polar surface area (TPSA) is 18.5 Å². The van der Waals surface area contributed by atoms with E-state index in [9.17, 15) is 26.3 Å². The number of rotatable bonds is 5. The van der Waals surface area contributed by atoms with Crippen molar-refractivity contribution in [2.45, 2.75) is 38.5 Å². The number of halogens is 6. The standard InChI is InChI=1S/C8H16F6O2Si2/c1-17(2,3)18(4,15-5-7(9,10)11)16-6-8(12,13)14/h5-6H2,1-4H3. The average Bonchev–Trinajstić information content (AvgIpc) is 2.07. The molecule has 110 valence electrons. The van der Waals surface area contributed by atoms with E-state index in [0.29, 0.717) is 0 Å². The van der Waals surface area contributed by atoms with Crippen molar-refractivity contribution in [2.75, 3.05) is 13.2 Å². The fourth-order valence-electron chi connectivity index (χ4n) is 0.914. The summed E-state index contributed by atoms with van der Waals surface area (Å²) < 4.78 is 81.9. The lowest BCUT2D eigenvalue weighted by Gasteiger charge is -2.37. The van der Waals surface area contributed by atoms with Gasteiger partial charge in [0.25, 0.3) is 0 Å². The Morgan fingerprint density at radius 3 is 1.17 bits per heavy atom. The summed E-state index contributed by atoms with van der Waals surface area (Å²) in [5, 5.41) is 0. The van der Waals surface area contributed by atoms with E-state index < -0.39 is 41.2 Å². The van der Waals surface area contributed by atoms with Crippen LogP contribution in [0.15, 0.2) is 0 Å². The van der Waals surface area contributed by atoms with Crippen LogP contribution < -0.4 is 0 Å². The van der Waals surface area contributed by atoms with E-state index in [0.717, 1.165) is 0 Å². The van der Waals surface area contributed by atoms with Gasteiger partial charge in [-0.1, -0.05) is 19.6 Å². The van der Waals surface area contributed by atoms with Gasteiger partial charge in [-0.15, -0.1) is 0 Å². The van der Waals surface area contributed by atoms with E-state index in [2.05, 4.69) is 0 Å². The first-order valence-electron chi connectivity index (χ1n) is 5.08. The third-order valence-electron chi connectivity index (χ3n) is 2.38. The minimum atomic E-state index is -4.57. The fraction of sp³-hybridized carbons (Fsp3) is 1.00. The maximum Gasteiger partial charge on any atom is 0.410 e. The molecule has 0 amide bonds. The second-order valence-corrected chi connectivity index (χ2v) is 19.2. The normalized spacial score (nSPS) is 15.0. The highest BCUT2D eigenvalue weighted by Gasteiger charge is 2.50. The van der Waals surface area contributed by atoms with Crippen LogP contribution in [0.5, 0.6) is 0 Å². The minimum Gasteiger partial charge on any atom is -0.387 e. The molecule has 0 saturated heterocycles. The lowest BCUT2D eigenvalue weighted by atomic mass is 10.7. The van der Waals surface area contributed by atoms with Gasteiger partial charge in [0.05, 0.1) is 0 Å². The van der Waals surface area contributed by atoms with Crippen LogP contribution in [0.2, 0.25) is 26.2 Å². The van der Waals surface area contributed by atoms with Crippen LogP contribution in [-0.2, 0) is 8.85 Å². The van der Waals surface area contributed by atoms with Crippen LogP contribution in [-0.4, -0.2) is 41.2 Å². The molecule has 0 aliphatic rings. The van der Waals surface area contributed by atoms with Crippen LogP contribution in [0, 0.1) is 0 Å². The predicted molar refractivity (Wildman–Crippen MR) is 59.0 cm³/mol. The average molecular weight is 314 g/mol. The zero-order valence-electron chi connectivity index (χ0n) is 10.5. The molecule has 0 saturated carbocycles. The second kappa shape index (κ2) is 5.51. The van der Waals surface area contributed by atoms with Gasteiger partial charge in [-0.05, 0) is 6.55 Å². The van der Waals surface area contributed by atoms with Gasteiger partial charge in [0.15, 0.2) is 0 Å². The zero-order valence-corrected chi connectivity index (χ0v) is 12.5. The molecule has 18 heavy (non-hydrogen) atoms. The van der Waals surface area contributed by atoms with Gasteiger partial charge < -0.3 is 8.85 Å². The largest absolute Gasteiger partial charge is 0.410 e. The highest BCUT2D eigenvalue weighted by molar-refractivity contribution is 7.35. The van der Waals surface area contributed by atoms with E-state index in [1.807, 2.05) is 0 Å². The van der Waals surface area contributed by atoms with Crippen LogP contribution in [0.3, 0.4) is 0 Å². The van der Waals surface area contributed by atoms with E-state index in [1.54, 1.807) is 19.6 Å². The second-order valence-electron chi connectivity index (χ2n) is 5.00. The minimum absolute atomic E-state index is 1.26. The van der Waals surface area contributed by atoms with Gasteiger partial charge in [-0.25, -0.2) is 0 Å². The Balaban J connectivity index is 4.76. The Kier molecular flexibility index (Phi) is 5.49. The molecule has 0 spiro atoms. The number of alkyl halides is 6. The van der Waals surface area contributed by atoms with Crippen LogP contribution >= 0.6 is 0 Å². The van der Waals surface area contributed by atoms with Crippen molar-refractivity contribution < 1.29 is 35.2 Å². The maximum absolute atomic E-state index is 12.1. The molecule has 0 bridgehead atoms. The molecule has 0 atom stereocenters. The van der Waals surface area contributed by atoms with Gasteiger partial charge in [0, 0.05) is 0 Å². The van der Waals surface area contributed by atoms with Crippen molar-refractivity contribution >= 4 is 15.7 Å². The van der Waals surface area contributed by atoms with Crippen LogP contribution in [0.1, 0.15) is 0 Å². The van der Waals surface area contributed by atoms with E-state index in [4.69, 9.17) is 8.85 Å². The van der Waals surface area contributed by atoms with Crippen molar-refractivity contribution in [1.29, 1.82) is 0 Å². The Morgan fingerprint density at radius 1 is 0.722 bits per heavy atom. The third kappa shape index (κ3) is 6.76. The molecule has 2 nitrogen and oxygen atoms in total. The lowest BCUT2D eigenvalue weighted by Crippen LogP contribution is -2.61. The molecule has 0 aromatic rings. The lowest BCUT2D eigenvalue weighted by molar-refractivity contribution is -0.170. The van der Waals surface area contributed by atoms with Crippen molar-refractivity contribution in [3.05, 3.63) is 0 Å². The van der Waals surface area contributed by atoms with Gasteiger partial charge in [-0.3, -0.25) is 0 Å². The van der Waals surface area contributed by atoms with Crippen molar-refractivity contribution in [1.82, 2.24) is 0 Å². The Labute approximate surface area is 103 Å². The van der Waals surface area contributed by atoms with E-state index in [1.165, 1.54) is 6.55 Å². The molecule has 0 aliphatic heterocycles. The Hall–Kier alpha value is -0.0662. The highest BCUT2D eigenvalue weighted by Crippen LogP contribution is 2.27. The molecule has 0 aromatic carbocycles. The van der Waals surface area contributed by atoms with Crippen molar-refractivity contribution in [3.8, 4) is 0 Å². The summed E-state index contributed by atoms with van der Waals surface area (Å²) in [6.45, 7) is 3.01. The first-order chi connectivity index (χ1) is 7.66. The number of hydrogen-bond donors (Lipinski definition) is 0. The van der Waals surface area contributed by atoms with Gasteiger partial charge in [0.2, 0.25) is 0 Å². The van der Waals surface area contributed by atoms with Gasteiger partial charge >= 0.3 is 20.4 Å². The number of hydrogen-bond acceptors (Lipinski definition) is 2. The summed E-state index contributed by atoms with van der Waals surface area (Å²) in [5.41, 5.74) is 0. The van der Waals surface area contributed by atoms with Crippen LogP contribution in [0.25, 0.3) is 0 Å². The molecular formula is C8H16F6O2Si2. The summed E-state index contributed by atoms with van der Waals surface area (Å²) in [4.78, 5) is 0. The molecule has 0 radical (unpaired) electrons. The first-order valence-corrected chi connectivity index (χ1v) is 11.9.